The molecule has 1 aromatic carbocycles. The Balaban J connectivity index is 2.30. The first-order valence-electron chi connectivity index (χ1n) is 8.27. The zero-order valence-electron chi connectivity index (χ0n) is 14.3. The summed E-state index contributed by atoms with van der Waals surface area (Å²) >= 11 is 0. The van der Waals surface area contributed by atoms with Gasteiger partial charge in [0.1, 0.15) is 5.75 Å². The summed E-state index contributed by atoms with van der Waals surface area (Å²) in [6.45, 7) is 14.3. The van der Waals surface area contributed by atoms with Crippen LogP contribution in [0, 0.1) is 0 Å². The number of hydrogen-bond donors (Lipinski definition) is 0. The lowest BCUT2D eigenvalue weighted by atomic mass is 9.92. The van der Waals surface area contributed by atoms with Crippen molar-refractivity contribution in [3.8, 4) is 5.75 Å². The van der Waals surface area contributed by atoms with E-state index < -0.39 is 0 Å². The molecule has 21 heavy (non-hydrogen) atoms. The van der Waals surface area contributed by atoms with E-state index in [2.05, 4.69) is 49.6 Å². The lowest BCUT2D eigenvalue weighted by Gasteiger charge is -2.34. The number of ether oxygens (including phenoxy) is 1. The van der Waals surface area contributed by atoms with Crippen LogP contribution < -0.4 is 4.74 Å². The molecule has 3 heteroatoms. The molecule has 1 unspecified atom stereocenters. The second kappa shape index (κ2) is 7.28. The van der Waals surface area contributed by atoms with Crippen molar-refractivity contribution in [3.05, 3.63) is 28.8 Å². The third kappa shape index (κ3) is 3.58. The summed E-state index contributed by atoms with van der Waals surface area (Å²) in [5.74, 6) is 1.05. The summed E-state index contributed by atoms with van der Waals surface area (Å²) in [5, 5.41) is 0. The fraction of sp³-hybridized carbons (Fsp3) is 0.667. The molecule has 0 aliphatic carbocycles. The number of likely N-dealkylation sites (N-methyl/N-ethyl adjacent to an activating group) is 1. The van der Waals surface area contributed by atoms with E-state index in [0.717, 1.165) is 44.9 Å². The second-order valence-electron chi connectivity index (χ2n) is 6.01. The van der Waals surface area contributed by atoms with Gasteiger partial charge in [-0.3, -0.25) is 9.80 Å². The van der Waals surface area contributed by atoms with Crippen molar-refractivity contribution in [2.75, 3.05) is 26.7 Å². The average molecular weight is 290 g/mol. The van der Waals surface area contributed by atoms with Gasteiger partial charge in [0.15, 0.2) is 0 Å². The first-order valence-corrected chi connectivity index (χ1v) is 8.27. The highest BCUT2D eigenvalue weighted by molar-refractivity contribution is 5.44. The van der Waals surface area contributed by atoms with Crippen molar-refractivity contribution in [2.45, 2.75) is 53.2 Å². The van der Waals surface area contributed by atoms with Gasteiger partial charge in [0.25, 0.3) is 0 Å². The van der Waals surface area contributed by atoms with Gasteiger partial charge in [-0.05, 0) is 50.2 Å². The molecule has 1 aliphatic rings. The number of methoxy groups -OCH3 is 1. The van der Waals surface area contributed by atoms with Crippen LogP contribution in [0.3, 0.4) is 0 Å². The minimum atomic E-state index is 0.636. The molecule has 1 atom stereocenters. The standard InChI is InChI=1S/C18H30N2O/c1-6-19(7-2)12-17-10-15-9-14(4)20(8-3)13-16(15)11-18(17)21-5/h10-11,14H,6-9,12-13H2,1-5H3. The van der Waals surface area contributed by atoms with Gasteiger partial charge >= 0.3 is 0 Å². The summed E-state index contributed by atoms with van der Waals surface area (Å²) in [4.78, 5) is 4.97. The van der Waals surface area contributed by atoms with Crippen LogP contribution >= 0.6 is 0 Å². The monoisotopic (exact) mass is 290 g/mol. The van der Waals surface area contributed by atoms with E-state index in [1.54, 1.807) is 7.11 Å². The van der Waals surface area contributed by atoms with Crippen LogP contribution in [0.25, 0.3) is 0 Å². The van der Waals surface area contributed by atoms with Crippen LogP contribution in [0.5, 0.6) is 5.75 Å². The topological polar surface area (TPSA) is 15.7 Å². The SMILES string of the molecule is CCN(CC)Cc1cc2c(cc1OC)CN(CC)C(C)C2. The number of nitrogens with zero attached hydrogens (tertiary/aromatic N) is 2. The van der Waals surface area contributed by atoms with E-state index in [-0.39, 0.29) is 0 Å². The molecule has 0 radical (unpaired) electrons. The van der Waals surface area contributed by atoms with Gasteiger partial charge in [-0.1, -0.05) is 26.8 Å². The molecule has 0 bridgehead atoms. The van der Waals surface area contributed by atoms with E-state index in [0.29, 0.717) is 6.04 Å². The van der Waals surface area contributed by atoms with Gasteiger partial charge in [-0.15, -0.1) is 0 Å². The van der Waals surface area contributed by atoms with Crippen molar-refractivity contribution in [2.24, 2.45) is 0 Å². The Morgan fingerprint density at radius 2 is 1.90 bits per heavy atom. The summed E-state index contributed by atoms with van der Waals surface area (Å²) in [5.41, 5.74) is 4.28. The first-order chi connectivity index (χ1) is 10.1. The molecule has 0 aromatic heterocycles. The summed E-state index contributed by atoms with van der Waals surface area (Å²) in [7, 11) is 1.79. The minimum absolute atomic E-state index is 0.636. The van der Waals surface area contributed by atoms with E-state index in [4.69, 9.17) is 4.74 Å². The smallest absolute Gasteiger partial charge is 0.123 e. The molecule has 1 heterocycles. The molecule has 3 nitrogen and oxygen atoms in total. The van der Waals surface area contributed by atoms with Gasteiger partial charge in [0, 0.05) is 24.7 Å². The molecule has 0 saturated carbocycles. The lowest BCUT2D eigenvalue weighted by molar-refractivity contribution is 0.194. The molecular formula is C18H30N2O. The molecule has 118 valence electrons. The summed E-state index contributed by atoms with van der Waals surface area (Å²) in [6, 6.07) is 5.29. The van der Waals surface area contributed by atoms with Crippen molar-refractivity contribution in [3.63, 3.8) is 0 Å². The average Bonchev–Trinajstić information content (AvgIpc) is 2.51. The maximum atomic E-state index is 5.65. The minimum Gasteiger partial charge on any atom is -0.496 e. The second-order valence-corrected chi connectivity index (χ2v) is 6.01. The normalized spacial score (nSPS) is 18.9. The highest BCUT2D eigenvalue weighted by atomic mass is 16.5. The third-order valence-corrected chi connectivity index (χ3v) is 4.81. The summed E-state index contributed by atoms with van der Waals surface area (Å²) in [6.07, 6.45) is 1.15. The Morgan fingerprint density at radius 1 is 1.19 bits per heavy atom. The molecular weight excluding hydrogens is 260 g/mol. The Kier molecular flexibility index (Phi) is 5.65. The predicted octanol–water partition coefficient (Wildman–Crippen LogP) is 3.30. The van der Waals surface area contributed by atoms with Crippen molar-refractivity contribution >= 4 is 0 Å². The van der Waals surface area contributed by atoms with Crippen molar-refractivity contribution in [1.29, 1.82) is 0 Å². The third-order valence-electron chi connectivity index (χ3n) is 4.81. The fourth-order valence-corrected chi connectivity index (χ4v) is 3.30. The fourth-order valence-electron chi connectivity index (χ4n) is 3.30. The molecule has 0 N–H and O–H groups in total. The Hall–Kier alpha value is -1.06. The van der Waals surface area contributed by atoms with Gasteiger partial charge < -0.3 is 4.74 Å². The summed E-state index contributed by atoms with van der Waals surface area (Å²) < 4.78 is 5.65. The highest BCUT2D eigenvalue weighted by Crippen LogP contribution is 2.30. The predicted molar refractivity (Wildman–Crippen MR) is 88.9 cm³/mol. The molecule has 0 saturated heterocycles. The highest BCUT2D eigenvalue weighted by Gasteiger charge is 2.23. The number of fused-ring (bicyclic) bond motifs is 1. The van der Waals surface area contributed by atoms with Crippen molar-refractivity contribution < 1.29 is 4.74 Å². The van der Waals surface area contributed by atoms with Crippen LogP contribution in [0.4, 0.5) is 0 Å². The molecule has 2 rings (SSSR count). The zero-order valence-corrected chi connectivity index (χ0v) is 14.3. The Labute approximate surface area is 129 Å². The Morgan fingerprint density at radius 3 is 2.48 bits per heavy atom. The molecule has 1 aromatic rings. The number of hydrogen-bond acceptors (Lipinski definition) is 3. The van der Waals surface area contributed by atoms with Gasteiger partial charge in [0.05, 0.1) is 7.11 Å². The quantitative estimate of drug-likeness (QED) is 0.799. The molecule has 0 spiro atoms. The van der Waals surface area contributed by atoms with Crippen molar-refractivity contribution in [1.82, 2.24) is 9.80 Å². The van der Waals surface area contributed by atoms with Gasteiger partial charge in [-0.25, -0.2) is 0 Å². The number of rotatable bonds is 6. The van der Waals surface area contributed by atoms with E-state index in [1.807, 2.05) is 0 Å². The molecule has 1 aliphatic heterocycles. The largest absolute Gasteiger partial charge is 0.496 e. The molecule has 0 amide bonds. The van der Waals surface area contributed by atoms with Crippen LogP contribution in [0.2, 0.25) is 0 Å². The van der Waals surface area contributed by atoms with E-state index in [9.17, 15) is 0 Å². The number of benzene rings is 1. The zero-order chi connectivity index (χ0) is 15.4. The van der Waals surface area contributed by atoms with E-state index in [1.165, 1.54) is 16.7 Å². The van der Waals surface area contributed by atoms with Crippen LogP contribution in [-0.4, -0.2) is 42.6 Å². The van der Waals surface area contributed by atoms with Gasteiger partial charge in [-0.2, -0.15) is 0 Å². The first kappa shape index (κ1) is 16.3. The van der Waals surface area contributed by atoms with Crippen LogP contribution in [-0.2, 0) is 19.5 Å². The Bertz CT molecular complexity index is 469. The maximum absolute atomic E-state index is 5.65. The lowest BCUT2D eigenvalue weighted by Crippen LogP contribution is -2.38. The molecule has 0 fully saturated rings. The van der Waals surface area contributed by atoms with Crippen LogP contribution in [0.15, 0.2) is 12.1 Å². The van der Waals surface area contributed by atoms with E-state index >= 15 is 0 Å². The maximum Gasteiger partial charge on any atom is 0.123 e. The van der Waals surface area contributed by atoms with Crippen LogP contribution in [0.1, 0.15) is 44.4 Å². The van der Waals surface area contributed by atoms with Gasteiger partial charge in [0.2, 0.25) is 0 Å².